The normalized spacial score (nSPS) is 11.6. The van der Waals surface area contributed by atoms with Crippen LogP contribution in [-0.2, 0) is 13.1 Å². The van der Waals surface area contributed by atoms with Gasteiger partial charge < -0.3 is 9.88 Å². The van der Waals surface area contributed by atoms with Crippen molar-refractivity contribution in [1.82, 2.24) is 14.9 Å². The maximum Gasteiger partial charge on any atom is 0.113 e. The fourth-order valence-electron chi connectivity index (χ4n) is 2.44. The Bertz CT molecular complexity index is 739. The monoisotopic (exact) mass is 299 g/mol. The van der Waals surface area contributed by atoms with E-state index in [1.165, 1.54) is 16.5 Å². The zero-order chi connectivity index (χ0) is 14.8. The van der Waals surface area contributed by atoms with E-state index in [9.17, 15) is 0 Å². The summed E-state index contributed by atoms with van der Waals surface area (Å²) in [4.78, 5) is 4.55. The van der Waals surface area contributed by atoms with Gasteiger partial charge in [-0.1, -0.05) is 19.9 Å². The first kappa shape index (κ1) is 14.3. The molecule has 0 bridgehead atoms. The van der Waals surface area contributed by atoms with Gasteiger partial charge in [0, 0.05) is 35.4 Å². The molecule has 0 spiro atoms. The van der Waals surface area contributed by atoms with Crippen LogP contribution in [0.25, 0.3) is 10.9 Å². The molecule has 0 fully saturated rings. The summed E-state index contributed by atoms with van der Waals surface area (Å²) in [5.41, 5.74) is 3.71. The Morgan fingerprint density at radius 1 is 1.29 bits per heavy atom. The molecule has 0 amide bonds. The van der Waals surface area contributed by atoms with Gasteiger partial charge in [0.15, 0.2) is 0 Å². The molecule has 0 aliphatic heterocycles. The standard InChI is InChI=1S/C17H21N3S/c1-12(2)18-9-14-4-5-16-15(8-14)6-7-20(16)10-17-19-13(3)11-21-17/h4-8,11-12,18H,9-10H2,1-3H3. The number of rotatable bonds is 5. The van der Waals surface area contributed by atoms with Crippen molar-refractivity contribution in [3.8, 4) is 0 Å². The second-order valence-corrected chi connectivity index (χ2v) is 6.70. The van der Waals surface area contributed by atoms with Crippen molar-refractivity contribution in [2.45, 2.75) is 39.9 Å². The topological polar surface area (TPSA) is 29.9 Å². The molecule has 0 unspecified atom stereocenters. The van der Waals surface area contributed by atoms with Gasteiger partial charge in [0.05, 0.1) is 6.54 Å². The molecule has 0 saturated carbocycles. The molecule has 1 N–H and O–H groups in total. The number of hydrogen-bond acceptors (Lipinski definition) is 3. The molecule has 3 aromatic rings. The van der Waals surface area contributed by atoms with Crippen molar-refractivity contribution in [1.29, 1.82) is 0 Å². The Morgan fingerprint density at radius 3 is 2.86 bits per heavy atom. The highest BCUT2D eigenvalue weighted by Crippen LogP contribution is 2.20. The summed E-state index contributed by atoms with van der Waals surface area (Å²) in [6.45, 7) is 8.16. The van der Waals surface area contributed by atoms with Gasteiger partial charge in [-0.05, 0) is 36.1 Å². The predicted molar refractivity (Wildman–Crippen MR) is 89.9 cm³/mol. The molecule has 1 aromatic carbocycles. The van der Waals surface area contributed by atoms with Crippen LogP contribution in [0.2, 0.25) is 0 Å². The molecule has 0 saturated heterocycles. The summed E-state index contributed by atoms with van der Waals surface area (Å²) >= 11 is 1.73. The van der Waals surface area contributed by atoms with E-state index >= 15 is 0 Å². The zero-order valence-corrected chi connectivity index (χ0v) is 13.6. The highest BCUT2D eigenvalue weighted by atomic mass is 32.1. The van der Waals surface area contributed by atoms with Gasteiger partial charge in [0.1, 0.15) is 5.01 Å². The third kappa shape index (κ3) is 3.34. The van der Waals surface area contributed by atoms with Crippen LogP contribution >= 0.6 is 11.3 Å². The molecule has 0 aliphatic carbocycles. The lowest BCUT2D eigenvalue weighted by atomic mass is 10.1. The fraction of sp³-hybridized carbons (Fsp3) is 0.353. The Morgan fingerprint density at radius 2 is 2.14 bits per heavy atom. The van der Waals surface area contributed by atoms with Crippen molar-refractivity contribution < 1.29 is 0 Å². The van der Waals surface area contributed by atoms with E-state index in [-0.39, 0.29) is 0 Å². The molecule has 110 valence electrons. The van der Waals surface area contributed by atoms with Crippen molar-refractivity contribution in [2.24, 2.45) is 0 Å². The van der Waals surface area contributed by atoms with Gasteiger partial charge in [-0.25, -0.2) is 4.98 Å². The molecular formula is C17H21N3S. The molecule has 21 heavy (non-hydrogen) atoms. The molecular weight excluding hydrogens is 278 g/mol. The van der Waals surface area contributed by atoms with Crippen molar-refractivity contribution in [3.05, 3.63) is 52.1 Å². The van der Waals surface area contributed by atoms with Gasteiger partial charge in [-0.2, -0.15) is 0 Å². The number of fused-ring (bicyclic) bond motifs is 1. The first-order valence-corrected chi connectivity index (χ1v) is 8.22. The van der Waals surface area contributed by atoms with Crippen LogP contribution in [0.5, 0.6) is 0 Å². The van der Waals surface area contributed by atoms with Gasteiger partial charge in [-0.15, -0.1) is 11.3 Å². The molecule has 4 heteroatoms. The lowest BCUT2D eigenvalue weighted by molar-refractivity contribution is 0.589. The largest absolute Gasteiger partial charge is 0.341 e. The van der Waals surface area contributed by atoms with Gasteiger partial charge >= 0.3 is 0 Å². The minimum atomic E-state index is 0.512. The summed E-state index contributed by atoms with van der Waals surface area (Å²) in [5, 5.41) is 8.03. The van der Waals surface area contributed by atoms with Gasteiger partial charge in [0.2, 0.25) is 0 Å². The molecule has 3 nitrogen and oxygen atoms in total. The summed E-state index contributed by atoms with van der Waals surface area (Å²) in [6.07, 6.45) is 2.15. The number of benzene rings is 1. The van der Waals surface area contributed by atoms with Crippen molar-refractivity contribution in [2.75, 3.05) is 0 Å². The Hall–Kier alpha value is -1.65. The Kier molecular flexibility index (Phi) is 4.08. The number of thiazole rings is 1. The van der Waals surface area contributed by atoms with E-state index in [0.29, 0.717) is 6.04 Å². The van der Waals surface area contributed by atoms with Crippen LogP contribution < -0.4 is 5.32 Å². The SMILES string of the molecule is Cc1csc(Cn2ccc3cc(CNC(C)C)ccc32)n1. The maximum atomic E-state index is 4.55. The van der Waals surface area contributed by atoms with Gasteiger partial charge in [0.25, 0.3) is 0 Å². The Labute approximate surface area is 129 Å². The highest BCUT2D eigenvalue weighted by molar-refractivity contribution is 7.09. The van der Waals surface area contributed by atoms with E-state index in [4.69, 9.17) is 0 Å². The first-order valence-electron chi connectivity index (χ1n) is 7.34. The van der Waals surface area contributed by atoms with E-state index in [1.807, 2.05) is 6.92 Å². The summed E-state index contributed by atoms with van der Waals surface area (Å²) < 4.78 is 2.27. The minimum absolute atomic E-state index is 0.512. The number of nitrogens with zero attached hydrogens (tertiary/aromatic N) is 2. The minimum Gasteiger partial charge on any atom is -0.341 e. The second-order valence-electron chi connectivity index (χ2n) is 5.76. The molecule has 0 radical (unpaired) electrons. The highest BCUT2D eigenvalue weighted by Gasteiger charge is 2.05. The number of aromatic nitrogens is 2. The average molecular weight is 299 g/mol. The predicted octanol–water partition coefficient (Wildman–Crippen LogP) is 3.95. The van der Waals surface area contributed by atoms with Gasteiger partial charge in [-0.3, -0.25) is 0 Å². The molecule has 0 aliphatic rings. The number of hydrogen-bond donors (Lipinski definition) is 1. The molecule has 3 rings (SSSR count). The maximum absolute atomic E-state index is 4.55. The average Bonchev–Trinajstić information content (AvgIpc) is 3.04. The lowest BCUT2D eigenvalue weighted by Crippen LogP contribution is -2.21. The van der Waals surface area contributed by atoms with Crippen molar-refractivity contribution in [3.63, 3.8) is 0 Å². The van der Waals surface area contributed by atoms with Crippen LogP contribution in [0.1, 0.15) is 30.1 Å². The third-order valence-corrected chi connectivity index (χ3v) is 4.47. The van der Waals surface area contributed by atoms with Crippen LogP contribution in [0.15, 0.2) is 35.8 Å². The molecule has 0 atom stereocenters. The second kappa shape index (κ2) is 6.00. The van der Waals surface area contributed by atoms with E-state index < -0.39 is 0 Å². The quantitative estimate of drug-likeness (QED) is 0.773. The zero-order valence-electron chi connectivity index (χ0n) is 12.8. The summed E-state index contributed by atoms with van der Waals surface area (Å²) in [6, 6.07) is 9.40. The molecule has 2 heterocycles. The third-order valence-electron chi connectivity index (χ3n) is 3.52. The fourth-order valence-corrected chi connectivity index (χ4v) is 3.21. The van der Waals surface area contributed by atoms with Crippen LogP contribution in [-0.4, -0.2) is 15.6 Å². The Balaban J connectivity index is 1.82. The molecule has 2 aromatic heterocycles. The van der Waals surface area contributed by atoms with Crippen LogP contribution in [0, 0.1) is 6.92 Å². The summed E-state index contributed by atoms with van der Waals surface area (Å²) in [7, 11) is 0. The van der Waals surface area contributed by atoms with E-state index in [0.717, 1.165) is 23.8 Å². The number of aryl methyl sites for hydroxylation is 1. The van der Waals surface area contributed by atoms with E-state index in [1.54, 1.807) is 11.3 Å². The van der Waals surface area contributed by atoms with Crippen molar-refractivity contribution >= 4 is 22.2 Å². The smallest absolute Gasteiger partial charge is 0.113 e. The number of nitrogens with one attached hydrogen (secondary N) is 1. The summed E-state index contributed by atoms with van der Waals surface area (Å²) in [5.74, 6) is 0. The van der Waals surface area contributed by atoms with Crippen LogP contribution in [0.3, 0.4) is 0 Å². The van der Waals surface area contributed by atoms with E-state index in [2.05, 4.69) is 64.6 Å². The van der Waals surface area contributed by atoms with Crippen LogP contribution in [0.4, 0.5) is 0 Å². The lowest BCUT2D eigenvalue weighted by Gasteiger charge is -2.08. The first-order chi connectivity index (χ1) is 10.1.